The zero-order valence-electron chi connectivity index (χ0n) is 9.92. The van der Waals surface area contributed by atoms with Crippen LogP contribution in [0.3, 0.4) is 0 Å². The molecule has 2 rings (SSSR count). The maximum Gasteiger partial charge on any atom is 0.348 e. The maximum atomic E-state index is 11.7. The predicted octanol–water partition coefficient (Wildman–Crippen LogP) is 2.38. The number of pyridine rings is 1. The number of esters is 1. The topological polar surface area (TPSA) is 59.2 Å². The highest BCUT2D eigenvalue weighted by Gasteiger charge is 2.18. The van der Waals surface area contributed by atoms with Gasteiger partial charge in [0.15, 0.2) is 0 Å². The monoisotopic (exact) mass is 251 g/mol. The molecule has 2 heterocycles. The van der Waals surface area contributed by atoms with Crippen molar-refractivity contribution in [1.82, 2.24) is 4.98 Å². The average Bonchev–Trinajstić information content (AvgIpc) is 2.56. The lowest BCUT2D eigenvalue weighted by atomic mass is 10.1. The Kier molecular flexibility index (Phi) is 3.02. The number of thiophene rings is 1. The summed E-state index contributed by atoms with van der Waals surface area (Å²) in [6.45, 7) is 5.86. The number of aryl methyl sites for hydroxylation is 2. The van der Waals surface area contributed by atoms with E-state index in [1.54, 1.807) is 6.92 Å². The van der Waals surface area contributed by atoms with E-state index in [9.17, 15) is 9.59 Å². The van der Waals surface area contributed by atoms with Crippen LogP contribution in [-0.4, -0.2) is 17.6 Å². The Morgan fingerprint density at radius 2 is 2.18 bits per heavy atom. The van der Waals surface area contributed by atoms with Crippen LogP contribution in [0.4, 0.5) is 0 Å². The van der Waals surface area contributed by atoms with Gasteiger partial charge in [-0.05, 0) is 31.9 Å². The second-order valence-corrected chi connectivity index (χ2v) is 4.82. The number of nitrogens with one attached hydrogen (secondary N) is 1. The summed E-state index contributed by atoms with van der Waals surface area (Å²) in [5, 5.41) is 0.942. The molecular formula is C12H13NO3S. The fourth-order valence-corrected chi connectivity index (χ4v) is 3.05. The molecule has 0 unspecified atom stereocenters. The summed E-state index contributed by atoms with van der Waals surface area (Å²) in [6.07, 6.45) is 0. The van der Waals surface area contributed by atoms with E-state index in [-0.39, 0.29) is 11.5 Å². The number of hydrogen-bond donors (Lipinski definition) is 1. The lowest BCUT2D eigenvalue weighted by Gasteiger charge is -2.00. The van der Waals surface area contributed by atoms with Gasteiger partial charge in [0.05, 0.1) is 6.61 Å². The summed E-state index contributed by atoms with van der Waals surface area (Å²) >= 11 is 1.27. The molecule has 1 N–H and O–H groups in total. The molecule has 0 fully saturated rings. The molecule has 0 amide bonds. The molecule has 0 spiro atoms. The van der Waals surface area contributed by atoms with Crippen molar-refractivity contribution in [2.24, 2.45) is 0 Å². The van der Waals surface area contributed by atoms with Crippen LogP contribution in [0.1, 0.15) is 27.7 Å². The molecule has 0 aliphatic rings. The smallest absolute Gasteiger partial charge is 0.348 e. The van der Waals surface area contributed by atoms with Crippen molar-refractivity contribution in [3.8, 4) is 0 Å². The normalized spacial score (nSPS) is 10.8. The van der Waals surface area contributed by atoms with E-state index in [0.717, 1.165) is 21.3 Å². The predicted molar refractivity (Wildman–Crippen MR) is 67.9 cm³/mol. The van der Waals surface area contributed by atoms with E-state index in [0.29, 0.717) is 11.5 Å². The van der Waals surface area contributed by atoms with Crippen LogP contribution in [0.25, 0.3) is 10.2 Å². The van der Waals surface area contributed by atoms with Gasteiger partial charge in [-0.3, -0.25) is 4.79 Å². The minimum Gasteiger partial charge on any atom is -0.462 e. The highest BCUT2D eigenvalue weighted by atomic mass is 32.1. The van der Waals surface area contributed by atoms with Crippen LogP contribution in [0, 0.1) is 13.8 Å². The minimum absolute atomic E-state index is 0.147. The Morgan fingerprint density at radius 3 is 2.82 bits per heavy atom. The van der Waals surface area contributed by atoms with Gasteiger partial charge < -0.3 is 9.72 Å². The summed E-state index contributed by atoms with van der Waals surface area (Å²) < 4.78 is 4.99. The van der Waals surface area contributed by atoms with Crippen molar-refractivity contribution in [3.05, 3.63) is 32.4 Å². The van der Waals surface area contributed by atoms with Gasteiger partial charge in [-0.25, -0.2) is 4.79 Å². The van der Waals surface area contributed by atoms with Crippen LogP contribution in [0.2, 0.25) is 0 Å². The summed E-state index contributed by atoms with van der Waals surface area (Å²) in [6, 6.07) is 1.54. The Bertz CT molecular complexity index is 639. The molecule has 5 heteroatoms. The molecule has 2 aromatic heterocycles. The summed E-state index contributed by atoms with van der Waals surface area (Å²) in [5.74, 6) is -0.327. The van der Waals surface area contributed by atoms with Gasteiger partial charge in [-0.15, -0.1) is 11.3 Å². The van der Waals surface area contributed by atoms with Crippen LogP contribution in [0.15, 0.2) is 10.9 Å². The van der Waals surface area contributed by atoms with Crippen molar-refractivity contribution in [3.63, 3.8) is 0 Å². The van der Waals surface area contributed by atoms with Crippen LogP contribution in [0.5, 0.6) is 0 Å². The van der Waals surface area contributed by atoms with Gasteiger partial charge in [-0.1, -0.05) is 0 Å². The second kappa shape index (κ2) is 4.33. The number of ether oxygens (including phenoxy) is 1. The Labute approximate surface area is 102 Å². The molecule has 0 aromatic carbocycles. The van der Waals surface area contributed by atoms with Crippen molar-refractivity contribution in [1.29, 1.82) is 0 Å². The molecule has 90 valence electrons. The molecule has 2 aromatic rings. The second-order valence-electron chi connectivity index (χ2n) is 3.80. The van der Waals surface area contributed by atoms with Gasteiger partial charge in [0, 0.05) is 11.5 Å². The van der Waals surface area contributed by atoms with E-state index < -0.39 is 0 Å². The first kappa shape index (κ1) is 11.9. The first-order chi connectivity index (χ1) is 8.04. The molecule has 0 saturated heterocycles. The summed E-state index contributed by atoms with van der Waals surface area (Å²) in [5.41, 5.74) is 1.61. The first-order valence-corrected chi connectivity index (χ1v) is 6.16. The van der Waals surface area contributed by atoms with Crippen molar-refractivity contribution < 1.29 is 9.53 Å². The number of carbonyl (C=O) groups is 1. The maximum absolute atomic E-state index is 11.7. The van der Waals surface area contributed by atoms with E-state index in [1.807, 2.05) is 13.8 Å². The summed E-state index contributed by atoms with van der Waals surface area (Å²) in [4.78, 5) is 27.1. The number of aromatic amines is 1. The van der Waals surface area contributed by atoms with E-state index in [1.165, 1.54) is 17.4 Å². The van der Waals surface area contributed by atoms with Crippen molar-refractivity contribution in [2.75, 3.05) is 6.61 Å². The average molecular weight is 251 g/mol. The molecule has 4 nitrogen and oxygen atoms in total. The van der Waals surface area contributed by atoms with Crippen molar-refractivity contribution >= 4 is 27.5 Å². The SMILES string of the molecule is CCOC(=O)c1sc2[nH]c(=O)cc(C)c2c1C. The highest BCUT2D eigenvalue weighted by Crippen LogP contribution is 2.31. The van der Waals surface area contributed by atoms with Gasteiger partial charge in [0.2, 0.25) is 5.56 Å². The van der Waals surface area contributed by atoms with E-state index in [4.69, 9.17) is 4.74 Å². The first-order valence-electron chi connectivity index (χ1n) is 5.34. The molecule has 0 aliphatic heterocycles. The molecule has 0 radical (unpaired) electrons. The third-order valence-corrected chi connectivity index (χ3v) is 3.77. The van der Waals surface area contributed by atoms with Gasteiger partial charge >= 0.3 is 5.97 Å². The van der Waals surface area contributed by atoms with E-state index >= 15 is 0 Å². The fraction of sp³-hybridized carbons (Fsp3) is 0.333. The minimum atomic E-state index is -0.327. The summed E-state index contributed by atoms with van der Waals surface area (Å²) in [7, 11) is 0. The lowest BCUT2D eigenvalue weighted by molar-refractivity contribution is 0.0531. The number of fused-ring (bicyclic) bond motifs is 1. The number of rotatable bonds is 2. The largest absolute Gasteiger partial charge is 0.462 e. The molecular weight excluding hydrogens is 238 g/mol. The number of H-pyrrole nitrogens is 1. The molecule has 0 saturated carbocycles. The van der Waals surface area contributed by atoms with Gasteiger partial charge in [0.25, 0.3) is 0 Å². The Balaban J connectivity index is 2.69. The number of carbonyl (C=O) groups excluding carboxylic acids is 1. The third-order valence-electron chi connectivity index (χ3n) is 2.59. The molecule has 0 bridgehead atoms. The van der Waals surface area contributed by atoms with E-state index in [2.05, 4.69) is 4.98 Å². The quantitative estimate of drug-likeness (QED) is 0.834. The van der Waals surface area contributed by atoms with Crippen LogP contribution >= 0.6 is 11.3 Å². The lowest BCUT2D eigenvalue weighted by Crippen LogP contribution is -2.04. The highest BCUT2D eigenvalue weighted by molar-refractivity contribution is 7.20. The number of hydrogen-bond acceptors (Lipinski definition) is 4. The third kappa shape index (κ3) is 1.98. The molecule has 17 heavy (non-hydrogen) atoms. The van der Waals surface area contributed by atoms with Gasteiger partial charge in [0.1, 0.15) is 9.71 Å². The zero-order chi connectivity index (χ0) is 12.6. The van der Waals surface area contributed by atoms with Crippen molar-refractivity contribution in [2.45, 2.75) is 20.8 Å². The Morgan fingerprint density at radius 1 is 1.47 bits per heavy atom. The molecule has 0 atom stereocenters. The molecule has 0 aliphatic carbocycles. The zero-order valence-corrected chi connectivity index (χ0v) is 10.7. The van der Waals surface area contributed by atoms with Gasteiger partial charge in [-0.2, -0.15) is 0 Å². The number of aromatic nitrogens is 1. The fourth-order valence-electron chi connectivity index (χ4n) is 1.88. The van der Waals surface area contributed by atoms with Crippen LogP contribution in [-0.2, 0) is 4.74 Å². The van der Waals surface area contributed by atoms with Crippen LogP contribution < -0.4 is 5.56 Å². The standard InChI is InChI=1S/C12H13NO3S/c1-4-16-12(15)10-7(3)9-6(2)5-8(14)13-11(9)17-10/h5H,4H2,1-3H3,(H,13,14). The Hall–Kier alpha value is -1.62.